The predicted octanol–water partition coefficient (Wildman–Crippen LogP) is 3.93. The zero-order chi connectivity index (χ0) is 21.9. The first-order valence-corrected chi connectivity index (χ1v) is 9.90. The van der Waals surface area contributed by atoms with Crippen molar-refractivity contribution in [1.82, 2.24) is 5.32 Å². The Morgan fingerprint density at radius 1 is 1.00 bits per heavy atom. The van der Waals surface area contributed by atoms with E-state index in [1.54, 1.807) is 30.3 Å². The van der Waals surface area contributed by atoms with Crippen LogP contribution >= 0.6 is 0 Å². The fraction of sp³-hybridized carbons (Fsp3) is 0.292. The number of esters is 1. The van der Waals surface area contributed by atoms with Crippen LogP contribution in [-0.2, 0) is 25.7 Å². The number of carbonyl (C=O) groups is 3. The first kappa shape index (κ1) is 22.9. The second kappa shape index (κ2) is 11.6. The molecule has 6 heteroatoms. The fourth-order valence-corrected chi connectivity index (χ4v) is 2.79. The molecule has 0 aliphatic heterocycles. The first-order valence-electron chi connectivity index (χ1n) is 9.90. The molecule has 2 N–H and O–H groups in total. The summed E-state index contributed by atoms with van der Waals surface area (Å²) in [5, 5.41) is 5.42. The smallest absolute Gasteiger partial charge is 0.328 e. The molecule has 2 aromatic rings. The number of nitrogens with one attached hydrogen (secondary N) is 2. The Hall–Kier alpha value is -3.41. The van der Waals surface area contributed by atoms with E-state index in [0.717, 1.165) is 11.1 Å². The van der Waals surface area contributed by atoms with Crippen molar-refractivity contribution in [3.05, 3.63) is 71.8 Å². The van der Waals surface area contributed by atoms with Crippen LogP contribution in [0.25, 0.3) is 6.08 Å². The molecule has 6 nitrogen and oxygen atoms in total. The van der Waals surface area contributed by atoms with Crippen LogP contribution in [0.2, 0.25) is 0 Å². The molecule has 0 aliphatic carbocycles. The second-order valence-corrected chi connectivity index (χ2v) is 7.42. The van der Waals surface area contributed by atoms with Gasteiger partial charge in [0.1, 0.15) is 12.6 Å². The molecule has 0 spiro atoms. The van der Waals surface area contributed by atoms with Crippen LogP contribution in [0.5, 0.6) is 0 Å². The summed E-state index contributed by atoms with van der Waals surface area (Å²) in [5.74, 6) is -0.755. The minimum Gasteiger partial charge on any atom is -0.459 e. The zero-order valence-electron chi connectivity index (χ0n) is 17.6. The molecule has 0 heterocycles. The van der Waals surface area contributed by atoms with E-state index in [0.29, 0.717) is 12.1 Å². The molecule has 0 bridgehead atoms. The summed E-state index contributed by atoms with van der Waals surface area (Å²) < 4.78 is 5.39. The van der Waals surface area contributed by atoms with Gasteiger partial charge in [0.15, 0.2) is 0 Å². The predicted molar refractivity (Wildman–Crippen MR) is 117 cm³/mol. The number of hydrogen-bond acceptors (Lipinski definition) is 4. The third-order valence-electron chi connectivity index (χ3n) is 4.19. The minimum atomic E-state index is -0.715. The second-order valence-electron chi connectivity index (χ2n) is 7.42. The van der Waals surface area contributed by atoms with E-state index in [-0.39, 0.29) is 24.3 Å². The third-order valence-corrected chi connectivity index (χ3v) is 4.19. The summed E-state index contributed by atoms with van der Waals surface area (Å²) in [4.78, 5) is 35.9. The molecular weight excluding hydrogens is 380 g/mol. The van der Waals surface area contributed by atoms with Crippen LogP contribution in [0.1, 0.15) is 38.3 Å². The number of amides is 2. The maximum absolute atomic E-state index is 12.5. The Morgan fingerprint density at radius 3 is 2.27 bits per heavy atom. The monoisotopic (exact) mass is 408 g/mol. The van der Waals surface area contributed by atoms with E-state index in [1.165, 1.54) is 13.0 Å². The Kier molecular flexibility index (Phi) is 8.81. The Balaban J connectivity index is 1.94. The van der Waals surface area contributed by atoms with E-state index >= 15 is 0 Å². The molecule has 0 saturated carbocycles. The van der Waals surface area contributed by atoms with Crippen LogP contribution in [0.4, 0.5) is 5.69 Å². The first-order chi connectivity index (χ1) is 14.3. The summed E-state index contributed by atoms with van der Waals surface area (Å²) in [5.41, 5.74) is 2.37. The lowest BCUT2D eigenvalue weighted by molar-refractivity contribution is -0.149. The van der Waals surface area contributed by atoms with E-state index in [2.05, 4.69) is 10.6 Å². The van der Waals surface area contributed by atoms with Crippen LogP contribution in [-0.4, -0.2) is 23.8 Å². The van der Waals surface area contributed by atoms with Gasteiger partial charge in [-0.05, 0) is 41.7 Å². The van der Waals surface area contributed by atoms with Crippen molar-refractivity contribution in [2.24, 2.45) is 5.92 Å². The molecule has 158 valence electrons. The highest BCUT2D eigenvalue weighted by molar-refractivity contribution is 5.94. The lowest BCUT2D eigenvalue weighted by atomic mass is 10.0. The molecule has 30 heavy (non-hydrogen) atoms. The van der Waals surface area contributed by atoms with Crippen molar-refractivity contribution in [2.45, 2.75) is 39.8 Å². The van der Waals surface area contributed by atoms with Gasteiger partial charge in [-0.25, -0.2) is 4.79 Å². The molecule has 0 fully saturated rings. The molecular formula is C24H28N2O4. The minimum absolute atomic E-state index is 0.145. The topological polar surface area (TPSA) is 84.5 Å². The molecule has 0 radical (unpaired) electrons. The van der Waals surface area contributed by atoms with Crippen molar-refractivity contribution in [1.29, 1.82) is 0 Å². The van der Waals surface area contributed by atoms with E-state index in [1.807, 2.05) is 44.2 Å². The Labute approximate surface area is 177 Å². The van der Waals surface area contributed by atoms with Gasteiger partial charge in [0.2, 0.25) is 11.8 Å². The van der Waals surface area contributed by atoms with Crippen molar-refractivity contribution >= 4 is 29.5 Å². The molecule has 0 aliphatic rings. The van der Waals surface area contributed by atoms with Crippen molar-refractivity contribution in [3.8, 4) is 0 Å². The van der Waals surface area contributed by atoms with Gasteiger partial charge in [0, 0.05) is 18.7 Å². The number of ether oxygens (including phenoxy) is 1. The number of carbonyl (C=O) groups excluding carboxylic acids is 3. The van der Waals surface area contributed by atoms with Gasteiger partial charge in [0.25, 0.3) is 0 Å². The summed E-state index contributed by atoms with van der Waals surface area (Å²) in [6, 6.07) is 15.8. The van der Waals surface area contributed by atoms with Crippen LogP contribution in [0, 0.1) is 5.92 Å². The van der Waals surface area contributed by atoms with Gasteiger partial charge in [0.05, 0.1) is 0 Å². The Bertz CT molecular complexity index is 874. The molecule has 0 aromatic heterocycles. The van der Waals surface area contributed by atoms with Gasteiger partial charge in [-0.2, -0.15) is 0 Å². The van der Waals surface area contributed by atoms with Crippen LogP contribution in [0.3, 0.4) is 0 Å². The lowest BCUT2D eigenvalue weighted by Crippen LogP contribution is -2.42. The summed E-state index contributed by atoms with van der Waals surface area (Å²) >= 11 is 0. The maximum Gasteiger partial charge on any atom is 0.328 e. The molecule has 0 unspecified atom stereocenters. The normalized spacial score (nSPS) is 11.9. The van der Waals surface area contributed by atoms with Gasteiger partial charge in [-0.3, -0.25) is 9.59 Å². The quantitative estimate of drug-likeness (QED) is 0.486. The molecule has 2 aromatic carbocycles. The number of benzene rings is 2. The standard InChI is InChI=1S/C24H28N2O4/c1-17(2)15-22(24(29)30-16-20-7-5-4-6-8-20)26-23(28)14-11-19-9-12-21(13-10-19)25-18(3)27/h4-14,17,22H,15-16H2,1-3H3,(H,25,27)(H,26,28)/t22-/m0/s1. The highest BCUT2D eigenvalue weighted by Gasteiger charge is 2.22. The zero-order valence-corrected chi connectivity index (χ0v) is 17.6. The molecule has 2 amide bonds. The number of rotatable bonds is 9. The van der Waals surface area contributed by atoms with Gasteiger partial charge in [-0.15, -0.1) is 0 Å². The van der Waals surface area contributed by atoms with Crippen molar-refractivity contribution in [2.75, 3.05) is 5.32 Å². The van der Waals surface area contributed by atoms with Gasteiger partial charge >= 0.3 is 5.97 Å². The van der Waals surface area contributed by atoms with Gasteiger partial charge < -0.3 is 15.4 Å². The van der Waals surface area contributed by atoms with Crippen molar-refractivity contribution in [3.63, 3.8) is 0 Å². The SMILES string of the molecule is CC(=O)Nc1ccc(C=CC(=O)N[C@@H](CC(C)C)C(=O)OCc2ccccc2)cc1. The van der Waals surface area contributed by atoms with Crippen molar-refractivity contribution < 1.29 is 19.1 Å². The van der Waals surface area contributed by atoms with Crippen LogP contribution < -0.4 is 10.6 Å². The molecule has 1 atom stereocenters. The number of anilines is 1. The molecule has 0 saturated heterocycles. The fourth-order valence-electron chi connectivity index (χ4n) is 2.79. The maximum atomic E-state index is 12.5. The lowest BCUT2D eigenvalue weighted by Gasteiger charge is -2.18. The summed E-state index contributed by atoms with van der Waals surface area (Å²) in [6.45, 7) is 5.57. The summed E-state index contributed by atoms with van der Waals surface area (Å²) in [6.07, 6.45) is 3.51. The Morgan fingerprint density at radius 2 is 1.67 bits per heavy atom. The highest BCUT2D eigenvalue weighted by Crippen LogP contribution is 2.12. The summed E-state index contributed by atoms with van der Waals surface area (Å²) in [7, 11) is 0. The van der Waals surface area contributed by atoms with Gasteiger partial charge in [-0.1, -0.05) is 56.3 Å². The van der Waals surface area contributed by atoms with Crippen LogP contribution in [0.15, 0.2) is 60.7 Å². The number of hydrogen-bond donors (Lipinski definition) is 2. The largest absolute Gasteiger partial charge is 0.459 e. The highest BCUT2D eigenvalue weighted by atomic mass is 16.5. The molecule has 2 rings (SSSR count). The average molecular weight is 408 g/mol. The third kappa shape index (κ3) is 8.31. The average Bonchev–Trinajstić information content (AvgIpc) is 2.71. The van der Waals surface area contributed by atoms with E-state index in [4.69, 9.17) is 4.74 Å². The van der Waals surface area contributed by atoms with E-state index in [9.17, 15) is 14.4 Å². The van der Waals surface area contributed by atoms with E-state index < -0.39 is 12.0 Å².